The van der Waals surface area contributed by atoms with Crippen molar-refractivity contribution in [2.45, 2.75) is 13.3 Å². The van der Waals surface area contributed by atoms with Crippen LogP contribution >= 0.6 is 0 Å². The normalized spacial score (nSPS) is 10.6. The summed E-state index contributed by atoms with van der Waals surface area (Å²) in [6, 6.07) is 1.49. The summed E-state index contributed by atoms with van der Waals surface area (Å²) in [7, 11) is 0. The van der Waals surface area contributed by atoms with Gasteiger partial charge in [0, 0.05) is 0 Å². The zero-order valence-corrected chi connectivity index (χ0v) is 7.61. The minimum absolute atomic E-state index is 0.0543. The fraction of sp³-hybridized carbons (Fsp3) is 0.222. The van der Waals surface area contributed by atoms with Gasteiger partial charge in [0.15, 0.2) is 5.69 Å². The first kappa shape index (κ1) is 8.68. The van der Waals surface area contributed by atoms with Gasteiger partial charge in [-0.1, -0.05) is 6.92 Å². The van der Waals surface area contributed by atoms with Crippen LogP contribution in [0.15, 0.2) is 12.4 Å². The monoisotopic (exact) mass is 191 g/mol. The minimum Gasteiger partial charge on any atom is -0.477 e. The molecule has 0 amide bonds. The van der Waals surface area contributed by atoms with Crippen molar-refractivity contribution >= 4 is 17.0 Å². The predicted molar refractivity (Wildman–Crippen MR) is 50.2 cm³/mol. The maximum absolute atomic E-state index is 10.7. The van der Waals surface area contributed by atoms with Gasteiger partial charge in [-0.05, 0) is 12.5 Å². The Morgan fingerprint density at radius 2 is 2.43 bits per heavy atom. The molecule has 5 nitrogen and oxygen atoms in total. The van der Waals surface area contributed by atoms with Crippen LogP contribution in [0.1, 0.15) is 23.1 Å². The Kier molecular flexibility index (Phi) is 1.92. The first-order chi connectivity index (χ1) is 6.72. The van der Waals surface area contributed by atoms with Crippen LogP contribution in [-0.4, -0.2) is 26.0 Å². The van der Waals surface area contributed by atoms with E-state index in [1.54, 1.807) is 0 Å². The maximum Gasteiger partial charge on any atom is 0.354 e. The number of nitrogens with one attached hydrogen (secondary N) is 1. The Morgan fingerprint density at radius 1 is 1.64 bits per heavy atom. The lowest BCUT2D eigenvalue weighted by atomic mass is 10.2. The first-order valence-electron chi connectivity index (χ1n) is 4.28. The van der Waals surface area contributed by atoms with Crippen molar-refractivity contribution in [3.8, 4) is 0 Å². The van der Waals surface area contributed by atoms with E-state index in [1.807, 2.05) is 6.92 Å². The molecule has 0 radical (unpaired) electrons. The average molecular weight is 191 g/mol. The summed E-state index contributed by atoms with van der Waals surface area (Å²) in [6.07, 6.45) is 2.21. The van der Waals surface area contributed by atoms with Crippen LogP contribution in [0.3, 0.4) is 0 Å². The van der Waals surface area contributed by atoms with Crippen LogP contribution in [0.5, 0.6) is 0 Å². The van der Waals surface area contributed by atoms with E-state index in [-0.39, 0.29) is 5.69 Å². The molecule has 0 saturated carbocycles. The quantitative estimate of drug-likeness (QED) is 0.747. The van der Waals surface area contributed by atoms with Crippen molar-refractivity contribution in [1.82, 2.24) is 15.0 Å². The van der Waals surface area contributed by atoms with Crippen LogP contribution in [0.2, 0.25) is 0 Å². The van der Waals surface area contributed by atoms with Gasteiger partial charge in [-0.25, -0.2) is 14.8 Å². The maximum atomic E-state index is 10.7. The molecule has 2 aromatic rings. The Labute approximate surface area is 79.8 Å². The van der Waals surface area contributed by atoms with Crippen LogP contribution in [0.25, 0.3) is 11.0 Å². The average Bonchev–Trinajstić information content (AvgIpc) is 2.63. The lowest BCUT2D eigenvalue weighted by Gasteiger charge is -1.99. The summed E-state index contributed by atoms with van der Waals surface area (Å²) in [5.74, 6) is -1.02. The number of aromatic nitrogens is 3. The molecule has 0 aliphatic carbocycles. The number of aryl methyl sites for hydroxylation is 1. The lowest BCUT2D eigenvalue weighted by molar-refractivity contribution is 0.0690. The number of aromatic carboxylic acids is 1. The van der Waals surface area contributed by atoms with E-state index < -0.39 is 5.97 Å². The van der Waals surface area contributed by atoms with E-state index in [9.17, 15) is 4.79 Å². The number of hydrogen-bond acceptors (Lipinski definition) is 3. The van der Waals surface area contributed by atoms with Gasteiger partial charge in [0.25, 0.3) is 0 Å². The van der Waals surface area contributed by atoms with Crippen LogP contribution in [-0.2, 0) is 6.42 Å². The second-order valence-corrected chi connectivity index (χ2v) is 2.91. The van der Waals surface area contributed by atoms with Gasteiger partial charge in [-0.2, -0.15) is 0 Å². The molecule has 14 heavy (non-hydrogen) atoms. The molecule has 0 aliphatic heterocycles. The highest BCUT2D eigenvalue weighted by molar-refractivity contribution is 5.90. The third-order valence-electron chi connectivity index (χ3n) is 2.03. The summed E-state index contributed by atoms with van der Waals surface area (Å²) >= 11 is 0. The zero-order chi connectivity index (χ0) is 10.1. The summed E-state index contributed by atoms with van der Waals surface area (Å²) in [6.45, 7) is 1.92. The second-order valence-electron chi connectivity index (χ2n) is 2.91. The molecule has 0 bridgehead atoms. The molecule has 0 atom stereocenters. The summed E-state index contributed by atoms with van der Waals surface area (Å²) in [5, 5.41) is 8.80. The third kappa shape index (κ3) is 1.22. The summed E-state index contributed by atoms with van der Waals surface area (Å²) in [4.78, 5) is 21.7. The van der Waals surface area contributed by atoms with Crippen molar-refractivity contribution in [1.29, 1.82) is 0 Å². The van der Waals surface area contributed by atoms with E-state index in [1.165, 1.54) is 12.4 Å². The minimum atomic E-state index is -1.02. The van der Waals surface area contributed by atoms with E-state index >= 15 is 0 Å². The largest absolute Gasteiger partial charge is 0.477 e. The first-order valence-corrected chi connectivity index (χ1v) is 4.28. The number of hydrogen-bond donors (Lipinski definition) is 2. The predicted octanol–water partition coefficient (Wildman–Crippen LogP) is 1.22. The number of aromatic amines is 1. The van der Waals surface area contributed by atoms with Crippen molar-refractivity contribution in [2.75, 3.05) is 0 Å². The van der Waals surface area contributed by atoms with Gasteiger partial charge in [-0.15, -0.1) is 0 Å². The third-order valence-corrected chi connectivity index (χ3v) is 2.03. The van der Waals surface area contributed by atoms with E-state index in [0.29, 0.717) is 17.6 Å². The van der Waals surface area contributed by atoms with Crippen LogP contribution in [0, 0.1) is 0 Å². The van der Waals surface area contributed by atoms with E-state index in [0.717, 1.165) is 5.52 Å². The molecule has 2 heterocycles. The zero-order valence-electron chi connectivity index (χ0n) is 7.61. The number of fused-ring (bicyclic) bond motifs is 1. The smallest absolute Gasteiger partial charge is 0.354 e. The lowest BCUT2D eigenvalue weighted by Crippen LogP contribution is -2.03. The topological polar surface area (TPSA) is 78.9 Å². The summed E-state index contributed by atoms with van der Waals surface area (Å²) < 4.78 is 0. The standard InChI is InChI=1S/C9H9N3O2/c1-2-5-8-6(10-4-11-8)3-7(12-5)9(13)14/h3-4H,2H2,1H3,(H,10,11)(H,13,14). The number of carboxylic acid groups (broad SMARTS) is 1. The van der Waals surface area contributed by atoms with Crippen molar-refractivity contribution in [3.63, 3.8) is 0 Å². The van der Waals surface area contributed by atoms with Gasteiger partial charge >= 0.3 is 5.97 Å². The number of rotatable bonds is 2. The molecule has 2 N–H and O–H groups in total. The number of carbonyl (C=O) groups is 1. The van der Waals surface area contributed by atoms with Crippen molar-refractivity contribution in [3.05, 3.63) is 23.8 Å². The number of imidazole rings is 1. The highest BCUT2D eigenvalue weighted by Crippen LogP contribution is 2.14. The molecule has 0 aliphatic rings. The van der Waals surface area contributed by atoms with Gasteiger partial charge < -0.3 is 10.1 Å². The Hall–Kier alpha value is -1.91. The van der Waals surface area contributed by atoms with Gasteiger partial charge in [0.05, 0.1) is 17.5 Å². The molecular weight excluding hydrogens is 182 g/mol. The van der Waals surface area contributed by atoms with Crippen LogP contribution in [0.4, 0.5) is 0 Å². The molecular formula is C9H9N3O2. The van der Waals surface area contributed by atoms with E-state index in [2.05, 4.69) is 15.0 Å². The Balaban J connectivity index is 2.73. The highest BCUT2D eigenvalue weighted by atomic mass is 16.4. The van der Waals surface area contributed by atoms with E-state index in [4.69, 9.17) is 5.11 Å². The Morgan fingerprint density at radius 3 is 3.07 bits per heavy atom. The number of carboxylic acids is 1. The number of pyridine rings is 1. The number of H-pyrrole nitrogens is 1. The molecule has 0 spiro atoms. The molecule has 0 aromatic carbocycles. The number of nitrogens with zero attached hydrogens (tertiary/aromatic N) is 2. The molecule has 72 valence electrons. The fourth-order valence-electron chi connectivity index (χ4n) is 1.37. The molecule has 0 fully saturated rings. The SMILES string of the molecule is CCc1nc(C(=O)O)cc2[nH]cnc12. The molecule has 2 rings (SSSR count). The molecule has 0 saturated heterocycles. The highest BCUT2D eigenvalue weighted by Gasteiger charge is 2.10. The van der Waals surface area contributed by atoms with Crippen molar-refractivity contribution < 1.29 is 9.90 Å². The molecule has 0 unspecified atom stereocenters. The van der Waals surface area contributed by atoms with Gasteiger partial charge in [0.1, 0.15) is 5.52 Å². The Bertz CT molecular complexity index is 490. The van der Waals surface area contributed by atoms with Gasteiger partial charge in [0.2, 0.25) is 0 Å². The molecule has 2 aromatic heterocycles. The summed E-state index contributed by atoms with van der Waals surface area (Å²) in [5.41, 5.74) is 2.23. The fourth-order valence-corrected chi connectivity index (χ4v) is 1.37. The van der Waals surface area contributed by atoms with Crippen LogP contribution < -0.4 is 0 Å². The van der Waals surface area contributed by atoms with Crippen molar-refractivity contribution in [2.24, 2.45) is 0 Å². The molecule has 5 heteroatoms. The second kappa shape index (κ2) is 3.10. The van der Waals surface area contributed by atoms with Gasteiger partial charge in [-0.3, -0.25) is 0 Å².